The standard InChI is InChI=1S/C29H27N2O/c1-17(2)13-20-15-26(31(6)25-10-8-7-9-22(20)25)28-19(4)18(3)14-24-23-16-21(30-5)11-12-27(23)32-29(24)28/h7-12,14-17H,13H2,1-4,6H3/q+1. The Kier molecular flexibility index (Phi) is 4.75. The number of hydrogen-bond acceptors (Lipinski definition) is 1. The molecule has 0 aliphatic rings. The van der Waals surface area contributed by atoms with Gasteiger partial charge in [0.1, 0.15) is 18.2 Å². The average Bonchev–Trinajstić information content (AvgIpc) is 3.13. The molecule has 5 aromatic rings. The molecule has 0 saturated heterocycles. The molecule has 2 aromatic heterocycles. The van der Waals surface area contributed by atoms with Gasteiger partial charge in [-0.1, -0.05) is 32.0 Å². The zero-order valence-corrected chi connectivity index (χ0v) is 19.3. The van der Waals surface area contributed by atoms with Crippen molar-refractivity contribution in [1.82, 2.24) is 0 Å². The lowest BCUT2D eigenvalue weighted by molar-refractivity contribution is -0.633. The molecule has 0 spiro atoms. The van der Waals surface area contributed by atoms with E-state index in [9.17, 15) is 0 Å². The first-order valence-electron chi connectivity index (χ1n) is 11.1. The van der Waals surface area contributed by atoms with E-state index < -0.39 is 0 Å². The number of aryl methyl sites for hydroxylation is 2. The number of benzene rings is 3. The van der Waals surface area contributed by atoms with E-state index in [1.165, 1.54) is 27.6 Å². The Hall–Kier alpha value is -3.64. The van der Waals surface area contributed by atoms with Crippen LogP contribution in [0.1, 0.15) is 30.5 Å². The molecule has 3 aromatic carbocycles. The Labute approximate surface area is 188 Å². The molecule has 0 N–H and O–H groups in total. The van der Waals surface area contributed by atoms with Crippen molar-refractivity contribution < 1.29 is 8.98 Å². The summed E-state index contributed by atoms with van der Waals surface area (Å²) < 4.78 is 8.73. The Morgan fingerprint density at radius 3 is 2.50 bits per heavy atom. The van der Waals surface area contributed by atoms with Crippen LogP contribution in [0.3, 0.4) is 0 Å². The van der Waals surface area contributed by atoms with Gasteiger partial charge in [-0.15, -0.1) is 0 Å². The van der Waals surface area contributed by atoms with Crippen molar-refractivity contribution in [3.05, 3.63) is 82.7 Å². The van der Waals surface area contributed by atoms with Gasteiger partial charge in [0.25, 0.3) is 0 Å². The molecule has 0 amide bonds. The summed E-state index contributed by atoms with van der Waals surface area (Å²) in [5.41, 5.74) is 9.69. The lowest BCUT2D eigenvalue weighted by Gasteiger charge is -2.14. The number of rotatable bonds is 3. The third kappa shape index (κ3) is 3.07. The van der Waals surface area contributed by atoms with Gasteiger partial charge in [-0.3, -0.25) is 0 Å². The summed E-state index contributed by atoms with van der Waals surface area (Å²) in [5.74, 6) is 0.566. The van der Waals surface area contributed by atoms with Crippen molar-refractivity contribution in [1.29, 1.82) is 0 Å². The van der Waals surface area contributed by atoms with Crippen molar-refractivity contribution in [3.8, 4) is 11.3 Å². The van der Waals surface area contributed by atoms with Crippen LogP contribution in [0.15, 0.2) is 59.0 Å². The fourth-order valence-electron chi connectivity index (χ4n) is 4.86. The first kappa shape index (κ1) is 20.3. The zero-order valence-electron chi connectivity index (χ0n) is 19.3. The van der Waals surface area contributed by atoms with E-state index in [0.29, 0.717) is 11.6 Å². The van der Waals surface area contributed by atoms with Crippen molar-refractivity contribution in [2.75, 3.05) is 0 Å². The maximum absolute atomic E-state index is 7.41. The summed E-state index contributed by atoms with van der Waals surface area (Å²) in [5, 5.41) is 3.38. The minimum atomic E-state index is 0.566. The Morgan fingerprint density at radius 1 is 0.969 bits per heavy atom. The van der Waals surface area contributed by atoms with E-state index >= 15 is 0 Å². The molecule has 0 atom stereocenters. The van der Waals surface area contributed by atoms with Gasteiger partial charge in [0.2, 0.25) is 11.2 Å². The fraction of sp³-hybridized carbons (Fsp3) is 0.241. The number of furan rings is 1. The van der Waals surface area contributed by atoms with Gasteiger partial charge in [-0.2, -0.15) is 4.57 Å². The first-order chi connectivity index (χ1) is 15.4. The third-order valence-corrected chi connectivity index (χ3v) is 6.56. The number of pyridine rings is 1. The third-order valence-electron chi connectivity index (χ3n) is 6.56. The van der Waals surface area contributed by atoms with Crippen LogP contribution < -0.4 is 4.57 Å². The topological polar surface area (TPSA) is 21.4 Å². The smallest absolute Gasteiger partial charge is 0.217 e. The van der Waals surface area contributed by atoms with Crippen LogP contribution in [0.2, 0.25) is 0 Å². The molecule has 32 heavy (non-hydrogen) atoms. The number of fused-ring (bicyclic) bond motifs is 4. The van der Waals surface area contributed by atoms with E-state index in [0.717, 1.165) is 39.6 Å². The molecule has 5 rings (SSSR count). The number of nitrogens with zero attached hydrogens (tertiary/aromatic N) is 2. The maximum atomic E-state index is 7.41. The lowest BCUT2D eigenvalue weighted by atomic mass is 9.92. The van der Waals surface area contributed by atoms with Crippen molar-refractivity contribution >= 4 is 38.5 Å². The number of para-hydroxylation sites is 1. The second-order valence-corrected chi connectivity index (χ2v) is 9.19. The molecule has 0 aliphatic heterocycles. The van der Waals surface area contributed by atoms with Crippen molar-refractivity contribution in [2.45, 2.75) is 34.1 Å². The largest absolute Gasteiger partial charge is 0.455 e. The predicted molar refractivity (Wildman–Crippen MR) is 132 cm³/mol. The molecule has 0 unspecified atom stereocenters. The Bertz CT molecular complexity index is 1560. The van der Waals surface area contributed by atoms with Gasteiger partial charge in [-0.25, -0.2) is 4.85 Å². The summed E-state index contributed by atoms with van der Waals surface area (Å²) in [6.07, 6.45) is 1.02. The van der Waals surface area contributed by atoms with Gasteiger partial charge in [0.05, 0.1) is 12.1 Å². The molecule has 0 bridgehead atoms. The van der Waals surface area contributed by atoms with Crippen LogP contribution in [0.4, 0.5) is 5.69 Å². The summed E-state index contributed by atoms with van der Waals surface area (Å²) in [6.45, 7) is 16.3. The molecule has 0 saturated carbocycles. The minimum Gasteiger partial charge on any atom is -0.455 e. The quantitative estimate of drug-likeness (QED) is 0.218. The molecular weight excluding hydrogens is 392 g/mol. The van der Waals surface area contributed by atoms with Crippen LogP contribution in [0.25, 0.3) is 48.9 Å². The van der Waals surface area contributed by atoms with Gasteiger partial charge in [0, 0.05) is 28.3 Å². The molecular formula is C29H27N2O+. The monoisotopic (exact) mass is 419 g/mol. The van der Waals surface area contributed by atoms with Gasteiger partial charge >= 0.3 is 0 Å². The summed E-state index contributed by atoms with van der Waals surface area (Å²) >= 11 is 0. The van der Waals surface area contributed by atoms with E-state index in [1.54, 1.807) is 0 Å². The SMILES string of the molecule is [C-]#[N+]c1ccc2oc3c(-c4cc(CC(C)C)c5ccccc5[n+]4C)c(C)c(C)cc3c2c1. The lowest BCUT2D eigenvalue weighted by Crippen LogP contribution is -2.33. The average molecular weight is 420 g/mol. The number of hydrogen-bond donors (Lipinski definition) is 0. The van der Waals surface area contributed by atoms with E-state index in [2.05, 4.69) is 80.6 Å². The van der Waals surface area contributed by atoms with Crippen LogP contribution in [-0.4, -0.2) is 0 Å². The molecule has 0 radical (unpaired) electrons. The van der Waals surface area contributed by atoms with Crippen LogP contribution in [-0.2, 0) is 13.5 Å². The molecule has 2 heterocycles. The molecule has 3 nitrogen and oxygen atoms in total. The highest BCUT2D eigenvalue weighted by Crippen LogP contribution is 2.40. The highest BCUT2D eigenvalue weighted by molar-refractivity contribution is 6.11. The first-order valence-corrected chi connectivity index (χ1v) is 11.1. The van der Waals surface area contributed by atoms with Gasteiger partial charge in [-0.05, 0) is 67.1 Å². The van der Waals surface area contributed by atoms with E-state index in [1.807, 2.05) is 18.2 Å². The van der Waals surface area contributed by atoms with Crippen LogP contribution >= 0.6 is 0 Å². The molecule has 0 aliphatic carbocycles. The molecule has 3 heteroatoms. The van der Waals surface area contributed by atoms with Crippen LogP contribution in [0.5, 0.6) is 0 Å². The predicted octanol–water partition coefficient (Wildman–Crippen LogP) is 7.60. The van der Waals surface area contributed by atoms with Gasteiger partial charge < -0.3 is 4.42 Å². The normalized spacial score (nSPS) is 11.7. The summed E-state index contributed by atoms with van der Waals surface area (Å²) in [4.78, 5) is 3.62. The minimum absolute atomic E-state index is 0.566. The number of aromatic nitrogens is 1. The van der Waals surface area contributed by atoms with Crippen LogP contribution in [0, 0.1) is 26.3 Å². The highest BCUT2D eigenvalue weighted by Gasteiger charge is 2.25. The molecule has 158 valence electrons. The molecule has 0 fully saturated rings. The summed E-state index contributed by atoms with van der Waals surface area (Å²) in [6, 6.07) is 18.9. The highest BCUT2D eigenvalue weighted by atomic mass is 16.3. The zero-order chi connectivity index (χ0) is 22.6. The Morgan fingerprint density at radius 2 is 1.75 bits per heavy atom. The second-order valence-electron chi connectivity index (χ2n) is 9.19. The van der Waals surface area contributed by atoms with Crippen molar-refractivity contribution in [2.24, 2.45) is 13.0 Å². The second kappa shape index (κ2) is 7.50. The van der Waals surface area contributed by atoms with E-state index in [-0.39, 0.29) is 0 Å². The summed E-state index contributed by atoms with van der Waals surface area (Å²) in [7, 11) is 2.14. The fourth-order valence-corrected chi connectivity index (χ4v) is 4.86. The maximum Gasteiger partial charge on any atom is 0.217 e. The Balaban J connectivity index is 1.92. The van der Waals surface area contributed by atoms with Gasteiger partial charge in [0.15, 0.2) is 5.69 Å². The van der Waals surface area contributed by atoms with E-state index in [4.69, 9.17) is 11.0 Å². The van der Waals surface area contributed by atoms with Crippen molar-refractivity contribution in [3.63, 3.8) is 0 Å².